The standard InChI is InChI=1S/C13H16N2O3/c1-8-4-3-5-10(13(18)14-2)12(8)15-7-9(16)6-11(15)17/h3-5,9,16H,6-7H2,1-2H3,(H,14,18). The van der Waals surface area contributed by atoms with Crippen LogP contribution in [0.4, 0.5) is 5.69 Å². The average Bonchev–Trinajstić information content (AvgIpc) is 2.67. The van der Waals surface area contributed by atoms with Gasteiger partial charge in [-0.1, -0.05) is 12.1 Å². The summed E-state index contributed by atoms with van der Waals surface area (Å²) < 4.78 is 0. The maximum atomic E-state index is 11.8. The van der Waals surface area contributed by atoms with Gasteiger partial charge in [-0.25, -0.2) is 0 Å². The molecule has 18 heavy (non-hydrogen) atoms. The lowest BCUT2D eigenvalue weighted by molar-refractivity contribution is -0.117. The number of nitrogens with one attached hydrogen (secondary N) is 1. The van der Waals surface area contributed by atoms with Crippen molar-refractivity contribution in [3.05, 3.63) is 29.3 Å². The van der Waals surface area contributed by atoms with Crippen molar-refractivity contribution in [2.24, 2.45) is 0 Å². The number of amides is 2. The van der Waals surface area contributed by atoms with Crippen molar-refractivity contribution in [1.29, 1.82) is 0 Å². The second-order valence-electron chi connectivity index (χ2n) is 4.41. The molecule has 0 aliphatic carbocycles. The van der Waals surface area contributed by atoms with E-state index in [2.05, 4.69) is 5.32 Å². The minimum absolute atomic E-state index is 0.113. The van der Waals surface area contributed by atoms with Gasteiger partial charge in [0.25, 0.3) is 5.91 Å². The fraction of sp³-hybridized carbons (Fsp3) is 0.385. The molecule has 2 amide bonds. The number of β-amino-alcohol motifs (C(OH)–C–C–N with tert-alkyl or cyclic N) is 1. The molecule has 1 aliphatic heterocycles. The highest BCUT2D eigenvalue weighted by Crippen LogP contribution is 2.29. The van der Waals surface area contributed by atoms with Gasteiger partial charge in [0.2, 0.25) is 5.91 Å². The molecule has 96 valence electrons. The number of aryl methyl sites for hydroxylation is 1. The van der Waals surface area contributed by atoms with E-state index in [0.717, 1.165) is 5.56 Å². The second kappa shape index (κ2) is 4.78. The highest BCUT2D eigenvalue weighted by Gasteiger charge is 2.32. The topological polar surface area (TPSA) is 69.6 Å². The Morgan fingerprint density at radius 2 is 2.22 bits per heavy atom. The lowest BCUT2D eigenvalue weighted by Crippen LogP contribution is -2.30. The molecule has 0 saturated carbocycles. The monoisotopic (exact) mass is 248 g/mol. The largest absolute Gasteiger partial charge is 0.391 e. The molecule has 0 spiro atoms. The Morgan fingerprint density at radius 3 is 2.78 bits per heavy atom. The van der Waals surface area contributed by atoms with Gasteiger partial charge in [0.1, 0.15) is 0 Å². The maximum Gasteiger partial charge on any atom is 0.253 e. The van der Waals surface area contributed by atoms with Gasteiger partial charge in [-0.05, 0) is 18.6 Å². The van der Waals surface area contributed by atoms with Crippen molar-refractivity contribution in [1.82, 2.24) is 5.32 Å². The molecule has 1 atom stereocenters. The SMILES string of the molecule is CNC(=O)c1cccc(C)c1N1CC(O)CC1=O. The van der Waals surface area contributed by atoms with Crippen molar-refractivity contribution >= 4 is 17.5 Å². The zero-order valence-corrected chi connectivity index (χ0v) is 10.4. The molecule has 2 N–H and O–H groups in total. The predicted molar refractivity (Wildman–Crippen MR) is 67.5 cm³/mol. The number of anilines is 1. The Morgan fingerprint density at radius 1 is 1.50 bits per heavy atom. The summed E-state index contributed by atoms with van der Waals surface area (Å²) in [6, 6.07) is 5.30. The molecule has 0 aromatic heterocycles. The van der Waals surface area contributed by atoms with Gasteiger partial charge in [0.05, 0.1) is 30.3 Å². The van der Waals surface area contributed by atoms with Crippen molar-refractivity contribution in [2.45, 2.75) is 19.4 Å². The third kappa shape index (κ3) is 2.09. The molecular weight excluding hydrogens is 232 g/mol. The Hall–Kier alpha value is -1.88. The second-order valence-corrected chi connectivity index (χ2v) is 4.41. The summed E-state index contributed by atoms with van der Waals surface area (Å²) in [5.41, 5.74) is 1.90. The number of aliphatic hydroxyl groups is 1. The molecule has 1 aliphatic rings. The number of rotatable bonds is 2. The van der Waals surface area contributed by atoms with Gasteiger partial charge in [0, 0.05) is 7.05 Å². The minimum Gasteiger partial charge on any atom is -0.391 e. The molecule has 5 heteroatoms. The molecule has 1 aromatic carbocycles. The van der Waals surface area contributed by atoms with E-state index in [-0.39, 0.29) is 24.8 Å². The third-order valence-corrected chi connectivity index (χ3v) is 3.08. The molecule has 1 saturated heterocycles. The van der Waals surface area contributed by atoms with Gasteiger partial charge in [-0.15, -0.1) is 0 Å². The van der Waals surface area contributed by atoms with Crippen LogP contribution in [0.15, 0.2) is 18.2 Å². The van der Waals surface area contributed by atoms with E-state index in [1.165, 1.54) is 4.90 Å². The lowest BCUT2D eigenvalue weighted by Gasteiger charge is -2.21. The Kier molecular flexibility index (Phi) is 3.34. The van der Waals surface area contributed by atoms with E-state index in [1.807, 2.05) is 13.0 Å². The van der Waals surface area contributed by atoms with E-state index >= 15 is 0 Å². The van der Waals surface area contributed by atoms with Crippen LogP contribution in [0.1, 0.15) is 22.3 Å². The summed E-state index contributed by atoms with van der Waals surface area (Å²) in [5.74, 6) is -0.384. The Bertz CT molecular complexity index is 499. The van der Waals surface area contributed by atoms with Crippen LogP contribution in [-0.2, 0) is 4.79 Å². The highest BCUT2D eigenvalue weighted by atomic mass is 16.3. The van der Waals surface area contributed by atoms with Crippen LogP contribution in [0.25, 0.3) is 0 Å². The fourth-order valence-corrected chi connectivity index (χ4v) is 2.24. The number of nitrogens with zero attached hydrogens (tertiary/aromatic N) is 1. The van der Waals surface area contributed by atoms with Crippen molar-refractivity contribution < 1.29 is 14.7 Å². The number of para-hydroxylation sites is 1. The normalized spacial score (nSPS) is 19.2. The maximum absolute atomic E-state index is 11.8. The van der Waals surface area contributed by atoms with Crippen LogP contribution in [0.5, 0.6) is 0 Å². The number of hydrogen-bond donors (Lipinski definition) is 2. The number of carbonyl (C=O) groups excluding carboxylic acids is 2. The van der Waals surface area contributed by atoms with E-state index in [4.69, 9.17) is 0 Å². The minimum atomic E-state index is -0.658. The van der Waals surface area contributed by atoms with E-state index < -0.39 is 6.10 Å². The summed E-state index contributed by atoms with van der Waals surface area (Å²) in [6.45, 7) is 2.09. The van der Waals surface area contributed by atoms with Crippen LogP contribution in [0, 0.1) is 6.92 Å². The van der Waals surface area contributed by atoms with E-state index in [0.29, 0.717) is 11.3 Å². The first-order valence-corrected chi connectivity index (χ1v) is 5.84. The number of aliphatic hydroxyl groups excluding tert-OH is 1. The Balaban J connectivity index is 2.49. The summed E-state index contributed by atoms with van der Waals surface area (Å²) in [7, 11) is 1.55. The molecule has 5 nitrogen and oxygen atoms in total. The molecular formula is C13H16N2O3. The summed E-state index contributed by atoms with van der Waals surface area (Å²) in [6.07, 6.45) is -0.545. The molecule has 0 radical (unpaired) electrons. The average molecular weight is 248 g/mol. The molecule has 2 rings (SSSR count). The molecule has 1 aromatic rings. The summed E-state index contributed by atoms with van der Waals surface area (Å²) in [4.78, 5) is 25.1. The zero-order valence-electron chi connectivity index (χ0n) is 10.4. The zero-order chi connectivity index (χ0) is 13.3. The van der Waals surface area contributed by atoms with E-state index in [9.17, 15) is 14.7 Å². The van der Waals surface area contributed by atoms with Crippen LogP contribution >= 0.6 is 0 Å². The fourth-order valence-electron chi connectivity index (χ4n) is 2.24. The summed E-state index contributed by atoms with van der Waals surface area (Å²) in [5, 5.41) is 12.1. The van der Waals surface area contributed by atoms with Crippen LogP contribution in [-0.4, -0.2) is 36.6 Å². The van der Waals surface area contributed by atoms with Gasteiger partial charge in [-0.2, -0.15) is 0 Å². The number of benzene rings is 1. The van der Waals surface area contributed by atoms with Gasteiger partial charge >= 0.3 is 0 Å². The molecule has 0 bridgehead atoms. The number of hydrogen-bond acceptors (Lipinski definition) is 3. The summed E-state index contributed by atoms with van der Waals surface area (Å²) >= 11 is 0. The highest BCUT2D eigenvalue weighted by molar-refractivity contribution is 6.06. The van der Waals surface area contributed by atoms with Gasteiger partial charge in [-0.3, -0.25) is 9.59 Å². The first-order chi connectivity index (χ1) is 8.54. The predicted octanol–water partition coefficient (Wildman–Crippen LogP) is 0.452. The molecule has 1 fully saturated rings. The van der Waals surface area contributed by atoms with Gasteiger partial charge in [0.15, 0.2) is 0 Å². The Labute approximate surface area is 105 Å². The lowest BCUT2D eigenvalue weighted by atomic mass is 10.1. The van der Waals surface area contributed by atoms with E-state index in [1.54, 1.807) is 19.2 Å². The molecule has 1 heterocycles. The van der Waals surface area contributed by atoms with Gasteiger partial charge < -0.3 is 15.3 Å². The third-order valence-electron chi connectivity index (χ3n) is 3.08. The first kappa shape index (κ1) is 12.6. The van der Waals surface area contributed by atoms with Crippen LogP contribution in [0.3, 0.4) is 0 Å². The van der Waals surface area contributed by atoms with Crippen LogP contribution in [0.2, 0.25) is 0 Å². The van der Waals surface area contributed by atoms with Crippen molar-refractivity contribution in [3.63, 3.8) is 0 Å². The number of carbonyl (C=O) groups is 2. The quantitative estimate of drug-likeness (QED) is 0.798. The van der Waals surface area contributed by atoms with Crippen LogP contribution < -0.4 is 10.2 Å². The van der Waals surface area contributed by atoms with Crippen molar-refractivity contribution in [3.8, 4) is 0 Å². The smallest absolute Gasteiger partial charge is 0.253 e. The van der Waals surface area contributed by atoms with Crippen molar-refractivity contribution in [2.75, 3.05) is 18.5 Å². The first-order valence-electron chi connectivity index (χ1n) is 5.84. The molecule has 1 unspecified atom stereocenters.